The first kappa shape index (κ1) is 18.7. The van der Waals surface area contributed by atoms with Crippen LogP contribution in [0.15, 0.2) is 66.9 Å². The van der Waals surface area contributed by atoms with Crippen molar-refractivity contribution in [2.45, 2.75) is 6.42 Å². The van der Waals surface area contributed by atoms with E-state index in [-0.39, 0.29) is 5.91 Å². The second-order valence-electron chi connectivity index (χ2n) is 5.89. The second kappa shape index (κ2) is 9.05. The summed E-state index contributed by atoms with van der Waals surface area (Å²) in [5.74, 6) is 0.744. The van der Waals surface area contributed by atoms with Crippen molar-refractivity contribution >= 4 is 29.0 Å². The number of nitrogens with zero attached hydrogens (tertiary/aromatic N) is 1. The molecule has 0 atom stereocenters. The lowest BCUT2D eigenvalue weighted by atomic mass is 10.1. The third-order valence-corrected chi connectivity index (χ3v) is 4.26. The fourth-order valence-electron chi connectivity index (χ4n) is 2.59. The number of aromatic nitrogens is 1. The lowest BCUT2D eigenvalue weighted by Gasteiger charge is -2.10. The third-order valence-electron chi connectivity index (χ3n) is 4.01. The molecule has 6 heteroatoms. The Labute approximate surface area is 163 Å². The van der Waals surface area contributed by atoms with Gasteiger partial charge in [0.1, 0.15) is 11.6 Å². The molecule has 0 radical (unpaired) electrons. The summed E-state index contributed by atoms with van der Waals surface area (Å²) in [6, 6.07) is 18.5. The molecule has 0 aliphatic rings. The smallest absolute Gasteiger partial charge is 0.260 e. The van der Waals surface area contributed by atoms with Crippen molar-refractivity contribution in [2.75, 3.05) is 24.3 Å². The molecule has 0 aliphatic heterocycles. The standard InChI is InChI=1S/C21H20ClN3O2/c1-27-19-5-3-2-4-18(19)21(26)25-20-11-10-17(14-24-20)23-13-12-15-6-8-16(22)9-7-15/h2-11,14,23H,12-13H2,1H3,(H,24,25,26). The molecule has 0 saturated heterocycles. The van der Waals surface area contributed by atoms with Crippen LogP contribution in [-0.2, 0) is 6.42 Å². The molecule has 5 nitrogen and oxygen atoms in total. The number of anilines is 2. The Bertz CT molecular complexity index is 896. The number of pyridine rings is 1. The SMILES string of the molecule is COc1ccccc1C(=O)Nc1ccc(NCCc2ccc(Cl)cc2)cn1. The van der Waals surface area contributed by atoms with Crippen LogP contribution in [0.5, 0.6) is 5.75 Å². The zero-order chi connectivity index (χ0) is 19.1. The van der Waals surface area contributed by atoms with Crippen LogP contribution in [0, 0.1) is 0 Å². The number of hydrogen-bond donors (Lipinski definition) is 2. The zero-order valence-electron chi connectivity index (χ0n) is 14.9. The van der Waals surface area contributed by atoms with E-state index in [1.54, 1.807) is 30.5 Å². The molecule has 0 fully saturated rings. The molecular formula is C21H20ClN3O2. The molecular weight excluding hydrogens is 362 g/mol. The highest BCUT2D eigenvalue weighted by molar-refractivity contribution is 6.30. The van der Waals surface area contributed by atoms with Crippen molar-refractivity contribution < 1.29 is 9.53 Å². The minimum absolute atomic E-state index is 0.261. The van der Waals surface area contributed by atoms with Crippen LogP contribution in [0.25, 0.3) is 0 Å². The normalized spacial score (nSPS) is 10.3. The zero-order valence-corrected chi connectivity index (χ0v) is 15.7. The number of hydrogen-bond acceptors (Lipinski definition) is 4. The van der Waals surface area contributed by atoms with E-state index in [2.05, 4.69) is 15.6 Å². The van der Waals surface area contributed by atoms with Gasteiger partial charge in [0.25, 0.3) is 5.91 Å². The quantitative estimate of drug-likeness (QED) is 0.625. The first-order chi connectivity index (χ1) is 13.2. The molecule has 1 aromatic heterocycles. The first-order valence-electron chi connectivity index (χ1n) is 8.54. The van der Waals surface area contributed by atoms with Crippen LogP contribution >= 0.6 is 11.6 Å². The minimum Gasteiger partial charge on any atom is -0.496 e. The number of carbonyl (C=O) groups excluding carboxylic acids is 1. The molecule has 3 rings (SSSR count). The molecule has 3 aromatic rings. The van der Waals surface area contributed by atoms with Gasteiger partial charge in [-0.2, -0.15) is 0 Å². The van der Waals surface area contributed by atoms with Crippen LogP contribution in [0.2, 0.25) is 5.02 Å². The van der Waals surface area contributed by atoms with Crippen molar-refractivity contribution in [1.82, 2.24) is 4.98 Å². The molecule has 0 spiro atoms. The number of amides is 1. The van der Waals surface area contributed by atoms with Crippen molar-refractivity contribution in [3.05, 3.63) is 83.0 Å². The predicted octanol–water partition coefficient (Wildman–Crippen LogP) is 4.65. The Morgan fingerprint density at radius 3 is 2.56 bits per heavy atom. The van der Waals surface area contributed by atoms with Gasteiger partial charge in [-0.15, -0.1) is 0 Å². The number of carbonyl (C=O) groups is 1. The number of rotatable bonds is 7. The number of ether oxygens (including phenoxy) is 1. The van der Waals surface area contributed by atoms with E-state index in [0.717, 1.165) is 23.7 Å². The van der Waals surface area contributed by atoms with Gasteiger partial charge in [-0.3, -0.25) is 4.79 Å². The second-order valence-corrected chi connectivity index (χ2v) is 6.33. The van der Waals surface area contributed by atoms with Crippen LogP contribution in [0.3, 0.4) is 0 Å². The van der Waals surface area contributed by atoms with Crippen LogP contribution in [0.4, 0.5) is 11.5 Å². The molecule has 1 heterocycles. The third kappa shape index (κ3) is 5.21. The topological polar surface area (TPSA) is 63.2 Å². The number of benzene rings is 2. The summed E-state index contributed by atoms with van der Waals surface area (Å²) in [5.41, 5.74) is 2.56. The number of nitrogens with one attached hydrogen (secondary N) is 2. The molecule has 138 valence electrons. The summed E-state index contributed by atoms with van der Waals surface area (Å²) >= 11 is 5.89. The average Bonchev–Trinajstić information content (AvgIpc) is 2.70. The molecule has 27 heavy (non-hydrogen) atoms. The lowest BCUT2D eigenvalue weighted by molar-refractivity contribution is 0.102. The summed E-state index contributed by atoms with van der Waals surface area (Å²) in [5, 5.41) is 6.82. The van der Waals surface area contributed by atoms with E-state index < -0.39 is 0 Å². The summed E-state index contributed by atoms with van der Waals surface area (Å²) in [6.07, 6.45) is 2.57. The van der Waals surface area contributed by atoms with Crippen molar-refractivity contribution in [1.29, 1.82) is 0 Å². The lowest BCUT2D eigenvalue weighted by Crippen LogP contribution is -2.14. The molecule has 0 saturated carbocycles. The van der Waals surface area contributed by atoms with Gasteiger partial charge in [-0.05, 0) is 48.4 Å². The van der Waals surface area contributed by atoms with Gasteiger partial charge < -0.3 is 15.4 Å². The van der Waals surface area contributed by atoms with Crippen molar-refractivity contribution in [3.8, 4) is 5.75 Å². The van der Waals surface area contributed by atoms with Gasteiger partial charge >= 0.3 is 0 Å². The highest BCUT2D eigenvalue weighted by Gasteiger charge is 2.12. The summed E-state index contributed by atoms with van der Waals surface area (Å²) < 4.78 is 5.21. The largest absolute Gasteiger partial charge is 0.496 e. The van der Waals surface area contributed by atoms with Crippen LogP contribution in [-0.4, -0.2) is 24.5 Å². The summed E-state index contributed by atoms with van der Waals surface area (Å²) in [6.45, 7) is 0.774. The maximum absolute atomic E-state index is 12.4. The Kier molecular flexibility index (Phi) is 6.28. The Balaban J connectivity index is 1.54. The molecule has 1 amide bonds. The monoisotopic (exact) mass is 381 g/mol. The first-order valence-corrected chi connectivity index (χ1v) is 8.92. The molecule has 2 N–H and O–H groups in total. The van der Waals surface area contributed by atoms with Crippen molar-refractivity contribution in [2.24, 2.45) is 0 Å². The summed E-state index contributed by atoms with van der Waals surface area (Å²) in [7, 11) is 1.54. The van der Waals surface area contributed by atoms with E-state index in [1.165, 1.54) is 12.7 Å². The van der Waals surface area contributed by atoms with Crippen molar-refractivity contribution in [3.63, 3.8) is 0 Å². The molecule has 0 unspecified atom stereocenters. The van der Waals surface area contributed by atoms with E-state index in [4.69, 9.17) is 16.3 Å². The van der Waals surface area contributed by atoms with E-state index in [9.17, 15) is 4.79 Å². The van der Waals surface area contributed by atoms with Gasteiger partial charge in [-0.25, -0.2) is 4.98 Å². The van der Waals surface area contributed by atoms with Gasteiger partial charge in [0.05, 0.1) is 24.6 Å². The van der Waals surface area contributed by atoms with E-state index >= 15 is 0 Å². The highest BCUT2D eigenvalue weighted by Crippen LogP contribution is 2.19. The van der Waals surface area contributed by atoms with Gasteiger partial charge in [-0.1, -0.05) is 35.9 Å². The molecule has 2 aromatic carbocycles. The number of methoxy groups -OCH3 is 1. The fourth-order valence-corrected chi connectivity index (χ4v) is 2.72. The molecule has 0 aliphatic carbocycles. The van der Waals surface area contributed by atoms with Crippen LogP contribution in [0.1, 0.15) is 15.9 Å². The summed E-state index contributed by atoms with van der Waals surface area (Å²) in [4.78, 5) is 16.7. The van der Waals surface area contributed by atoms with Crippen LogP contribution < -0.4 is 15.4 Å². The minimum atomic E-state index is -0.261. The molecule has 0 bridgehead atoms. The van der Waals surface area contributed by atoms with Gasteiger partial charge in [0.15, 0.2) is 0 Å². The Morgan fingerprint density at radius 1 is 1.07 bits per heavy atom. The predicted molar refractivity (Wildman–Crippen MR) is 109 cm³/mol. The van der Waals surface area contributed by atoms with E-state index in [0.29, 0.717) is 17.1 Å². The van der Waals surface area contributed by atoms with E-state index in [1.807, 2.05) is 36.4 Å². The highest BCUT2D eigenvalue weighted by atomic mass is 35.5. The average molecular weight is 382 g/mol. The van der Waals surface area contributed by atoms with Gasteiger partial charge in [0.2, 0.25) is 0 Å². The Morgan fingerprint density at radius 2 is 1.85 bits per heavy atom. The number of halogens is 1. The number of para-hydroxylation sites is 1. The maximum atomic E-state index is 12.4. The fraction of sp³-hybridized carbons (Fsp3) is 0.143. The maximum Gasteiger partial charge on any atom is 0.260 e. The van der Waals surface area contributed by atoms with Gasteiger partial charge in [0, 0.05) is 11.6 Å². The Hall–Kier alpha value is -3.05.